The molecule has 1 N–H and O–H groups in total. The standard InChI is InChI=1S/C17H27NO/c1-3-18(16-7-5-4-6-8-16)13-17(14-19)11-9-15(2)10-12-17/h4-8,15,19H,3,9-14H2,1-2H3. The molecule has 19 heavy (non-hydrogen) atoms. The van der Waals surface area contributed by atoms with Gasteiger partial charge in [-0.3, -0.25) is 0 Å². The third-order valence-electron chi connectivity index (χ3n) is 4.70. The van der Waals surface area contributed by atoms with Crippen LogP contribution in [0.1, 0.15) is 39.5 Å². The van der Waals surface area contributed by atoms with Crippen molar-refractivity contribution in [1.29, 1.82) is 0 Å². The number of hydrogen-bond acceptors (Lipinski definition) is 2. The van der Waals surface area contributed by atoms with Gasteiger partial charge in [-0.2, -0.15) is 0 Å². The molecule has 0 aromatic heterocycles. The number of aliphatic hydroxyl groups excluding tert-OH is 1. The third kappa shape index (κ3) is 3.50. The highest BCUT2D eigenvalue weighted by Gasteiger charge is 2.35. The van der Waals surface area contributed by atoms with Crippen LogP contribution in [0.2, 0.25) is 0 Å². The molecule has 1 aromatic rings. The summed E-state index contributed by atoms with van der Waals surface area (Å²) < 4.78 is 0. The molecular formula is C17H27NO. The quantitative estimate of drug-likeness (QED) is 0.873. The average molecular weight is 261 g/mol. The highest BCUT2D eigenvalue weighted by molar-refractivity contribution is 5.46. The van der Waals surface area contributed by atoms with Gasteiger partial charge in [0.1, 0.15) is 0 Å². The molecule has 2 nitrogen and oxygen atoms in total. The van der Waals surface area contributed by atoms with Crippen LogP contribution in [0.5, 0.6) is 0 Å². The van der Waals surface area contributed by atoms with Gasteiger partial charge in [-0.25, -0.2) is 0 Å². The topological polar surface area (TPSA) is 23.5 Å². The largest absolute Gasteiger partial charge is 0.396 e. The number of aliphatic hydroxyl groups is 1. The van der Waals surface area contributed by atoms with Crippen molar-refractivity contribution in [3.8, 4) is 0 Å². The normalized spacial score (nSPS) is 27.2. The van der Waals surface area contributed by atoms with E-state index in [4.69, 9.17) is 0 Å². The Labute approximate surface area is 117 Å². The molecule has 0 saturated heterocycles. The molecule has 0 amide bonds. The van der Waals surface area contributed by atoms with E-state index >= 15 is 0 Å². The van der Waals surface area contributed by atoms with Crippen LogP contribution >= 0.6 is 0 Å². The highest BCUT2D eigenvalue weighted by Crippen LogP contribution is 2.39. The Kier molecular flexibility index (Phi) is 4.87. The van der Waals surface area contributed by atoms with Crippen molar-refractivity contribution in [3.63, 3.8) is 0 Å². The van der Waals surface area contributed by atoms with Crippen molar-refractivity contribution >= 4 is 5.69 Å². The molecule has 1 fully saturated rings. The summed E-state index contributed by atoms with van der Waals surface area (Å²) in [5.74, 6) is 0.825. The first-order chi connectivity index (χ1) is 9.19. The maximum absolute atomic E-state index is 9.89. The number of rotatable bonds is 5. The number of para-hydroxylation sites is 1. The molecule has 2 heteroatoms. The average Bonchev–Trinajstić information content (AvgIpc) is 2.48. The van der Waals surface area contributed by atoms with E-state index in [0.29, 0.717) is 6.61 Å². The predicted octanol–water partition coefficient (Wildman–Crippen LogP) is 3.70. The zero-order chi connectivity index (χ0) is 13.7. The summed E-state index contributed by atoms with van der Waals surface area (Å²) in [5, 5.41) is 9.89. The van der Waals surface area contributed by atoms with Crippen molar-refractivity contribution < 1.29 is 5.11 Å². The molecule has 0 atom stereocenters. The fraction of sp³-hybridized carbons (Fsp3) is 0.647. The zero-order valence-electron chi connectivity index (χ0n) is 12.3. The maximum Gasteiger partial charge on any atom is 0.0504 e. The van der Waals surface area contributed by atoms with Crippen molar-refractivity contribution in [2.75, 3.05) is 24.6 Å². The Hall–Kier alpha value is -1.02. The van der Waals surface area contributed by atoms with Crippen molar-refractivity contribution in [3.05, 3.63) is 30.3 Å². The summed E-state index contributed by atoms with van der Waals surface area (Å²) in [6.07, 6.45) is 4.84. The van der Waals surface area contributed by atoms with Gasteiger partial charge < -0.3 is 10.0 Å². The van der Waals surface area contributed by atoms with Gasteiger partial charge in [0, 0.05) is 24.2 Å². The van der Waals surface area contributed by atoms with Crippen LogP contribution < -0.4 is 4.90 Å². The first-order valence-corrected chi connectivity index (χ1v) is 7.60. The van der Waals surface area contributed by atoms with E-state index in [2.05, 4.69) is 49.1 Å². The molecule has 1 aromatic carbocycles. The number of anilines is 1. The Morgan fingerprint density at radius 3 is 2.37 bits per heavy atom. The molecule has 0 bridgehead atoms. The van der Waals surface area contributed by atoms with Crippen LogP contribution in [-0.2, 0) is 0 Å². The molecule has 0 heterocycles. The zero-order valence-corrected chi connectivity index (χ0v) is 12.3. The smallest absolute Gasteiger partial charge is 0.0504 e. The summed E-state index contributed by atoms with van der Waals surface area (Å²) in [6, 6.07) is 10.6. The summed E-state index contributed by atoms with van der Waals surface area (Å²) in [4.78, 5) is 2.41. The molecule has 1 aliphatic rings. The summed E-state index contributed by atoms with van der Waals surface area (Å²) in [6.45, 7) is 6.83. The summed E-state index contributed by atoms with van der Waals surface area (Å²) in [5.41, 5.74) is 1.38. The fourth-order valence-electron chi connectivity index (χ4n) is 3.17. The van der Waals surface area contributed by atoms with E-state index in [-0.39, 0.29) is 5.41 Å². The monoisotopic (exact) mass is 261 g/mol. The van der Waals surface area contributed by atoms with Gasteiger partial charge >= 0.3 is 0 Å². The second-order valence-corrected chi connectivity index (χ2v) is 6.19. The Morgan fingerprint density at radius 1 is 1.21 bits per heavy atom. The molecule has 1 saturated carbocycles. The Bertz CT molecular complexity index is 368. The lowest BCUT2D eigenvalue weighted by molar-refractivity contribution is 0.0732. The molecule has 106 valence electrons. The van der Waals surface area contributed by atoms with Gasteiger partial charge in [0.15, 0.2) is 0 Å². The molecular weight excluding hydrogens is 234 g/mol. The highest BCUT2D eigenvalue weighted by atomic mass is 16.3. The van der Waals surface area contributed by atoms with Crippen LogP contribution in [0.3, 0.4) is 0 Å². The maximum atomic E-state index is 9.89. The van der Waals surface area contributed by atoms with E-state index in [9.17, 15) is 5.11 Å². The molecule has 0 unspecified atom stereocenters. The van der Waals surface area contributed by atoms with Gasteiger partial charge in [0.2, 0.25) is 0 Å². The second kappa shape index (κ2) is 6.42. The minimum absolute atomic E-state index is 0.109. The number of nitrogens with zero attached hydrogens (tertiary/aromatic N) is 1. The van der Waals surface area contributed by atoms with Gasteiger partial charge in [-0.1, -0.05) is 38.0 Å². The number of benzene rings is 1. The van der Waals surface area contributed by atoms with E-state index in [0.717, 1.165) is 31.8 Å². The van der Waals surface area contributed by atoms with Gasteiger partial charge in [-0.15, -0.1) is 0 Å². The SMILES string of the molecule is CCN(CC1(CO)CCC(C)CC1)c1ccccc1. The lowest BCUT2D eigenvalue weighted by atomic mass is 9.71. The Morgan fingerprint density at radius 2 is 1.84 bits per heavy atom. The lowest BCUT2D eigenvalue weighted by Crippen LogP contribution is -2.42. The molecule has 0 aliphatic heterocycles. The predicted molar refractivity (Wildman–Crippen MR) is 81.5 cm³/mol. The van der Waals surface area contributed by atoms with Gasteiger partial charge in [-0.05, 0) is 37.8 Å². The first kappa shape index (κ1) is 14.4. The van der Waals surface area contributed by atoms with Crippen LogP contribution in [0.4, 0.5) is 5.69 Å². The summed E-state index contributed by atoms with van der Waals surface area (Å²) in [7, 11) is 0. The van der Waals surface area contributed by atoms with Crippen molar-refractivity contribution in [2.45, 2.75) is 39.5 Å². The van der Waals surface area contributed by atoms with Gasteiger partial charge in [0.05, 0.1) is 6.61 Å². The van der Waals surface area contributed by atoms with Crippen molar-refractivity contribution in [2.24, 2.45) is 11.3 Å². The minimum atomic E-state index is 0.109. The summed E-state index contributed by atoms with van der Waals surface area (Å²) >= 11 is 0. The minimum Gasteiger partial charge on any atom is -0.396 e. The van der Waals surface area contributed by atoms with Crippen LogP contribution in [0.15, 0.2) is 30.3 Å². The lowest BCUT2D eigenvalue weighted by Gasteiger charge is -2.42. The number of hydrogen-bond donors (Lipinski definition) is 1. The third-order valence-corrected chi connectivity index (χ3v) is 4.70. The van der Waals surface area contributed by atoms with E-state index in [1.165, 1.54) is 18.5 Å². The molecule has 0 spiro atoms. The fourth-order valence-corrected chi connectivity index (χ4v) is 3.17. The van der Waals surface area contributed by atoms with Crippen LogP contribution in [0, 0.1) is 11.3 Å². The van der Waals surface area contributed by atoms with E-state index in [1.54, 1.807) is 0 Å². The van der Waals surface area contributed by atoms with E-state index in [1.807, 2.05) is 0 Å². The van der Waals surface area contributed by atoms with Crippen LogP contribution in [0.25, 0.3) is 0 Å². The molecule has 0 radical (unpaired) electrons. The molecule has 1 aliphatic carbocycles. The Balaban J connectivity index is 2.08. The molecule has 2 rings (SSSR count). The van der Waals surface area contributed by atoms with Crippen molar-refractivity contribution in [1.82, 2.24) is 0 Å². The second-order valence-electron chi connectivity index (χ2n) is 6.19. The van der Waals surface area contributed by atoms with Gasteiger partial charge in [0.25, 0.3) is 0 Å². The van der Waals surface area contributed by atoms with E-state index < -0.39 is 0 Å². The van der Waals surface area contributed by atoms with Crippen LogP contribution in [-0.4, -0.2) is 24.8 Å². The first-order valence-electron chi connectivity index (χ1n) is 7.60.